The van der Waals surface area contributed by atoms with E-state index in [4.69, 9.17) is 23.9 Å². The predicted molar refractivity (Wildman–Crippen MR) is 265 cm³/mol. The van der Waals surface area contributed by atoms with Gasteiger partial charge in [0.25, 0.3) is 5.91 Å². The molecule has 0 spiro atoms. The molecular formula is C54H66N8O8. The summed E-state index contributed by atoms with van der Waals surface area (Å²) in [7, 11) is 3.34. The number of benzene rings is 2. The molecular weight excluding hydrogens is 889 g/mol. The molecule has 16 nitrogen and oxygen atoms in total. The van der Waals surface area contributed by atoms with E-state index in [2.05, 4.69) is 70.6 Å². The lowest BCUT2D eigenvalue weighted by Crippen LogP contribution is -2.62. The van der Waals surface area contributed by atoms with Crippen molar-refractivity contribution in [1.29, 1.82) is 0 Å². The maximum Gasteiger partial charge on any atom is 0.324 e. The van der Waals surface area contributed by atoms with Crippen LogP contribution in [-0.4, -0.2) is 113 Å². The van der Waals surface area contributed by atoms with Gasteiger partial charge in [0, 0.05) is 61.7 Å². The highest BCUT2D eigenvalue weighted by atomic mass is 16.5. The van der Waals surface area contributed by atoms with Crippen molar-refractivity contribution in [3.05, 3.63) is 90.0 Å². The zero-order chi connectivity index (χ0) is 49.4. The Kier molecular flexibility index (Phi) is 14.0. The molecule has 8 bridgehead atoms. The van der Waals surface area contributed by atoms with Crippen LogP contribution in [0, 0.1) is 17.3 Å². The van der Waals surface area contributed by atoms with Gasteiger partial charge in [0.05, 0.1) is 48.5 Å². The topological polar surface area (TPSA) is 178 Å². The third kappa shape index (κ3) is 9.86. The third-order valence-corrected chi connectivity index (χ3v) is 14.4. The molecule has 6 atom stereocenters. The standard InChI is InChI=1S/C54H66N8O8/c1-9-61-46-15-14-34-24-40(46)42(49(61)41-25-38(28-57-47(41)32(4)67-8)70-36-12-10-17-55-27-36)26-54(5,6)30-69-53(66)43-13-11-19-62(59-43)52(65)44-22-33-20-35(34)23-37(21-33)68-29-45-39(16-18-56-45)51(64)60(7)48(31(2)3)50(63)58-44/h10,12,14-15,17,20-21,23-25,27-28,31-32,39,43-45,48,56,59H,9,11,13,16,18-19,22,26,29-30H2,1-8H3,(H,58,63)/t32-,39-,43-,44-,45+,48-/m0/s1. The van der Waals surface area contributed by atoms with Gasteiger partial charge in [0.1, 0.15) is 42.0 Å². The number of esters is 1. The van der Waals surface area contributed by atoms with Gasteiger partial charge in [-0.05, 0) is 117 Å². The number of pyridine rings is 2. The smallest absolute Gasteiger partial charge is 0.324 e. The molecule has 7 heterocycles. The van der Waals surface area contributed by atoms with Crippen molar-refractivity contribution >= 4 is 34.6 Å². The molecule has 9 rings (SSSR count). The summed E-state index contributed by atoms with van der Waals surface area (Å²) in [5.74, 6) is -0.412. The number of methoxy groups -OCH3 is 1. The summed E-state index contributed by atoms with van der Waals surface area (Å²) < 4.78 is 27.5. The highest BCUT2D eigenvalue weighted by Crippen LogP contribution is 2.44. The first kappa shape index (κ1) is 48.7. The number of rotatable bonds is 7. The number of hydrazine groups is 1. The lowest BCUT2D eigenvalue weighted by atomic mass is 9.84. The minimum atomic E-state index is -1.06. The van der Waals surface area contributed by atoms with Crippen molar-refractivity contribution in [2.45, 2.75) is 110 Å². The Labute approximate surface area is 409 Å². The van der Waals surface area contributed by atoms with Gasteiger partial charge in [0.15, 0.2) is 0 Å². The molecule has 3 aromatic heterocycles. The largest absolute Gasteiger partial charge is 0.492 e. The molecule has 5 aromatic rings. The number of aromatic nitrogens is 3. The first-order chi connectivity index (χ1) is 33.6. The number of ether oxygens (including phenoxy) is 4. The Morgan fingerprint density at radius 3 is 2.51 bits per heavy atom. The van der Waals surface area contributed by atoms with Gasteiger partial charge in [-0.25, -0.2) is 5.43 Å². The number of carbonyl (C=O) groups is 4. The first-order valence-corrected chi connectivity index (χ1v) is 24.7. The van der Waals surface area contributed by atoms with Crippen LogP contribution in [-0.2, 0) is 48.0 Å². The van der Waals surface area contributed by atoms with Gasteiger partial charge in [-0.1, -0.05) is 39.8 Å². The average molecular weight is 955 g/mol. The summed E-state index contributed by atoms with van der Waals surface area (Å²) in [6.07, 6.45) is 6.92. The maximum atomic E-state index is 14.8. The van der Waals surface area contributed by atoms with E-state index in [1.807, 2.05) is 51.1 Å². The molecule has 70 heavy (non-hydrogen) atoms. The summed E-state index contributed by atoms with van der Waals surface area (Å²) in [6.45, 7) is 14.0. The van der Waals surface area contributed by atoms with E-state index in [0.717, 1.165) is 50.1 Å². The Morgan fingerprint density at radius 2 is 1.76 bits per heavy atom. The number of hydrogen-bond acceptors (Lipinski definition) is 12. The molecule has 0 aliphatic carbocycles. The van der Waals surface area contributed by atoms with Crippen LogP contribution in [0.1, 0.15) is 83.7 Å². The number of fused-ring (bicyclic) bond motifs is 8. The SMILES string of the molecule is CCn1c(-c2cc(Oc3cccnc3)cnc2[C@H](C)OC)c2c3cc(ccc31)-c1cc3cc(c1)OC[C@H]1NCC[C@@H]1C(=O)N(C)[C@@H](C(C)C)C(=O)N[C@@H](C3)C(=O)N1CCC[C@H](N1)C(=O)OCC(C)(C)C2. The molecule has 4 aliphatic rings. The number of hydrogen-bond donors (Lipinski definition) is 3. The van der Waals surface area contributed by atoms with Gasteiger partial charge in [0.2, 0.25) is 11.8 Å². The highest BCUT2D eigenvalue weighted by molar-refractivity contribution is 5.96. The lowest BCUT2D eigenvalue weighted by molar-refractivity contribution is -0.155. The van der Waals surface area contributed by atoms with E-state index in [1.54, 1.807) is 32.7 Å². The lowest BCUT2D eigenvalue weighted by Gasteiger charge is -2.37. The van der Waals surface area contributed by atoms with Gasteiger partial charge in [-0.2, -0.15) is 0 Å². The Hall–Kier alpha value is -6.36. The number of amides is 3. The molecule has 2 aromatic carbocycles. The van der Waals surface area contributed by atoms with Crippen LogP contribution in [0.2, 0.25) is 0 Å². The van der Waals surface area contributed by atoms with Gasteiger partial charge in [-0.3, -0.25) is 34.2 Å². The molecule has 3 N–H and O–H groups in total. The molecule has 0 unspecified atom stereocenters. The monoisotopic (exact) mass is 955 g/mol. The number of likely N-dealkylation sites (N-methyl/N-ethyl adjacent to an activating group) is 1. The molecule has 370 valence electrons. The van der Waals surface area contributed by atoms with Gasteiger partial charge >= 0.3 is 5.97 Å². The van der Waals surface area contributed by atoms with Crippen LogP contribution in [0.3, 0.4) is 0 Å². The van der Waals surface area contributed by atoms with Gasteiger partial charge in [-0.15, -0.1) is 0 Å². The fourth-order valence-electron chi connectivity index (χ4n) is 10.8. The van der Waals surface area contributed by atoms with E-state index >= 15 is 0 Å². The van der Waals surface area contributed by atoms with E-state index in [-0.39, 0.29) is 43.6 Å². The number of carbonyl (C=O) groups excluding carboxylic acids is 4. The predicted octanol–water partition coefficient (Wildman–Crippen LogP) is 6.79. The summed E-state index contributed by atoms with van der Waals surface area (Å²) in [6, 6.07) is 15.2. The summed E-state index contributed by atoms with van der Waals surface area (Å²) in [5.41, 5.74) is 9.71. The second-order valence-electron chi connectivity index (χ2n) is 20.4. The number of aryl methyl sites for hydroxylation is 1. The molecule has 4 aliphatic heterocycles. The maximum absolute atomic E-state index is 14.8. The van der Waals surface area contributed by atoms with Crippen molar-refractivity contribution in [2.24, 2.45) is 17.3 Å². The fourth-order valence-corrected chi connectivity index (χ4v) is 10.8. The van der Waals surface area contributed by atoms with Gasteiger partial charge < -0.3 is 39.0 Å². The van der Waals surface area contributed by atoms with Crippen LogP contribution in [0.25, 0.3) is 33.3 Å². The minimum Gasteiger partial charge on any atom is -0.492 e. The van der Waals surface area contributed by atoms with Crippen LogP contribution in [0.4, 0.5) is 0 Å². The first-order valence-electron chi connectivity index (χ1n) is 24.7. The minimum absolute atomic E-state index is 0.0978. The fraction of sp³-hybridized carbons (Fsp3) is 0.481. The Bertz CT molecular complexity index is 2780. The second kappa shape index (κ2) is 20.2. The highest BCUT2D eigenvalue weighted by Gasteiger charge is 2.42. The average Bonchev–Trinajstić information content (AvgIpc) is 3.95. The van der Waals surface area contributed by atoms with Crippen LogP contribution in [0.15, 0.2) is 73.2 Å². The van der Waals surface area contributed by atoms with Crippen molar-refractivity contribution in [3.8, 4) is 39.6 Å². The third-order valence-electron chi connectivity index (χ3n) is 14.4. The Morgan fingerprint density at radius 1 is 0.929 bits per heavy atom. The summed E-state index contributed by atoms with van der Waals surface area (Å²) in [5, 5.41) is 9.04. The normalized spacial score (nSPS) is 23.6. The van der Waals surface area contributed by atoms with Crippen LogP contribution >= 0.6 is 0 Å². The van der Waals surface area contributed by atoms with Crippen LogP contribution in [0.5, 0.6) is 17.2 Å². The molecule has 3 amide bonds. The molecule has 0 saturated carbocycles. The quantitative estimate of drug-likeness (QED) is 0.146. The Balaban J connectivity index is 1.25. The van der Waals surface area contributed by atoms with E-state index < -0.39 is 47.2 Å². The van der Waals surface area contributed by atoms with E-state index in [0.29, 0.717) is 62.6 Å². The van der Waals surface area contributed by atoms with Crippen molar-refractivity contribution in [2.75, 3.05) is 40.5 Å². The number of nitrogens with one attached hydrogen (secondary N) is 3. The van der Waals surface area contributed by atoms with Crippen molar-refractivity contribution in [1.82, 2.24) is 40.5 Å². The van der Waals surface area contributed by atoms with E-state index in [1.165, 1.54) is 9.91 Å². The second-order valence-corrected chi connectivity index (χ2v) is 20.4. The zero-order valence-corrected chi connectivity index (χ0v) is 41.5. The van der Waals surface area contributed by atoms with E-state index in [9.17, 15) is 19.2 Å². The zero-order valence-electron chi connectivity index (χ0n) is 41.5. The summed E-state index contributed by atoms with van der Waals surface area (Å²) >= 11 is 0. The van der Waals surface area contributed by atoms with Crippen molar-refractivity contribution in [3.63, 3.8) is 0 Å². The molecule has 2 saturated heterocycles. The van der Waals surface area contributed by atoms with Crippen molar-refractivity contribution < 1.29 is 38.1 Å². The molecule has 0 radical (unpaired) electrons. The summed E-state index contributed by atoms with van der Waals surface area (Å²) in [4.78, 5) is 68.5. The molecule has 2 fully saturated rings. The number of nitrogens with zero attached hydrogens (tertiary/aromatic N) is 5. The van der Waals surface area contributed by atoms with Crippen LogP contribution < -0.4 is 25.5 Å². The number of cyclic esters (lactones) is 1. The molecule has 16 heteroatoms.